The fraction of sp³-hybridized carbons (Fsp3) is 0.111. The number of hydrogen-bond donors (Lipinski definition) is 0. The number of aromatic nitrogens is 2. The maximum absolute atomic E-state index is 11.5. The van der Waals surface area contributed by atoms with E-state index in [1.54, 1.807) is 23.7 Å². The molecule has 0 fully saturated rings. The maximum atomic E-state index is 11.5. The SMILES string of the molecule is Cn1c(C#N)[n+]([O-])c2ccccc21. The third kappa shape index (κ3) is 0.873. The second kappa shape index (κ2) is 2.49. The molecule has 0 N–H and O–H groups in total. The summed E-state index contributed by atoms with van der Waals surface area (Å²) < 4.78 is 2.23. The highest BCUT2D eigenvalue weighted by Gasteiger charge is 2.16. The second-order valence-electron chi connectivity index (χ2n) is 2.78. The Kier molecular flexibility index (Phi) is 1.46. The van der Waals surface area contributed by atoms with E-state index in [1.807, 2.05) is 18.2 Å². The third-order valence-corrected chi connectivity index (χ3v) is 2.07. The van der Waals surface area contributed by atoms with Gasteiger partial charge in [-0.05, 0) is 12.1 Å². The molecule has 2 aromatic rings. The van der Waals surface area contributed by atoms with Gasteiger partial charge in [0, 0.05) is 0 Å². The summed E-state index contributed by atoms with van der Waals surface area (Å²) in [4.78, 5) is 0. The fourth-order valence-corrected chi connectivity index (χ4v) is 1.40. The largest absolute Gasteiger partial charge is 0.710 e. The number of nitrogens with zero attached hydrogens (tertiary/aromatic N) is 3. The molecule has 0 amide bonds. The van der Waals surface area contributed by atoms with E-state index < -0.39 is 0 Å². The van der Waals surface area contributed by atoms with Crippen LogP contribution in [0.25, 0.3) is 11.0 Å². The lowest BCUT2D eigenvalue weighted by Gasteiger charge is -1.95. The number of fused-ring (bicyclic) bond motifs is 1. The summed E-state index contributed by atoms with van der Waals surface area (Å²) in [5.74, 6) is 0.112. The Morgan fingerprint density at radius 3 is 2.77 bits per heavy atom. The van der Waals surface area contributed by atoms with E-state index >= 15 is 0 Å². The normalized spacial score (nSPS) is 10.2. The van der Waals surface area contributed by atoms with E-state index in [2.05, 4.69) is 0 Å². The number of benzene rings is 1. The van der Waals surface area contributed by atoms with Crippen LogP contribution in [-0.2, 0) is 7.05 Å². The van der Waals surface area contributed by atoms with Gasteiger partial charge in [-0.1, -0.05) is 12.1 Å². The molecule has 0 saturated carbocycles. The number of nitriles is 1. The summed E-state index contributed by atoms with van der Waals surface area (Å²) in [5.41, 5.74) is 1.30. The minimum atomic E-state index is 0.112. The van der Waals surface area contributed by atoms with E-state index in [9.17, 15) is 5.21 Å². The van der Waals surface area contributed by atoms with Crippen LogP contribution in [0, 0.1) is 16.5 Å². The fourth-order valence-electron chi connectivity index (χ4n) is 1.40. The van der Waals surface area contributed by atoms with Gasteiger partial charge >= 0.3 is 5.82 Å². The van der Waals surface area contributed by atoms with Crippen molar-refractivity contribution in [3.8, 4) is 6.07 Å². The highest BCUT2D eigenvalue weighted by atomic mass is 16.5. The van der Waals surface area contributed by atoms with E-state index in [0.717, 1.165) is 5.52 Å². The monoisotopic (exact) mass is 173 g/mol. The molecule has 0 aliphatic heterocycles. The zero-order valence-electron chi connectivity index (χ0n) is 7.06. The van der Waals surface area contributed by atoms with Crippen molar-refractivity contribution in [2.75, 3.05) is 0 Å². The molecule has 2 rings (SSSR count). The molecule has 0 aliphatic carbocycles. The number of imidazole rings is 1. The van der Waals surface area contributed by atoms with Gasteiger partial charge in [-0.15, -0.1) is 0 Å². The van der Waals surface area contributed by atoms with Crippen molar-refractivity contribution < 1.29 is 4.73 Å². The maximum Gasteiger partial charge on any atom is 0.365 e. The Balaban J connectivity index is 2.99. The van der Waals surface area contributed by atoms with Crippen LogP contribution in [0.3, 0.4) is 0 Å². The molecule has 0 radical (unpaired) electrons. The Morgan fingerprint density at radius 2 is 2.15 bits per heavy atom. The first-order valence-electron chi connectivity index (χ1n) is 3.83. The summed E-state index contributed by atoms with van der Waals surface area (Å²) in [6.07, 6.45) is 0. The van der Waals surface area contributed by atoms with Crippen molar-refractivity contribution in [1.82, 2.24) is 4.57 Å². The van der Waals surface area contributed by atoms with Crippen molar-refractivity contribution in [3.05, 3.63) is 35.3 Å². The van der Waals surface area contributed by atoms with Crippen LogP contribution in [0.2, 0.25) is 0 Å². The molecule has 1 aromatic heterocycles. The number of aryl methyl sites for hydroxylation is 1. The minimum absolute atomic E-state index is 0.112. The minimum Gasteiger partial charge on any atom is -0.710 e. The molecular weight excluding hydrogens is 166 g/mol. The van der Waals surface area contributed by atoms with Crippen molar-refractivity contribution in [3.63, 3.8) is 0 Å². The van der Waals surface area contributed by atoms with Crippen LogP contribution in [-0.4, -0.2) is 4.57 Å². The number of hydrogen-bond acceptors (Lipinski definition) is 2. The Morgan fingerprint density at radius 1 is 1.46 bits per heavy atom. The quantitative estimate of drug-likeness (QED) is 0.434. The number of para-hydroxylation sites is 2. The molecule has 4 nitrogen and oxygen atoms in total. The Hall–Kier alpha value is -2.02. The van der Waals surface area contributed by atoms with Gasteiger partial charge in [0.05, 0.1) is 7.05 Å². The molecule has 0 aliphatic rings. The molecular formula is C9H7N3O. The summed E-state index contributed by atoms with van der Waals surface area (Å²) >= 11 is 0. The summed E-state index contributed by atoms with van der Waals surface area (Å²) in [5, 5.41) is 20.2. The molecule has 0 atom stereocenters. The van der Waals surface area contributed by atoms with Gasteiger partial charge in [0.2, 0.25) is 0 Å². The highest BCUT2D eigenvalue weighted by molar-refractivity contribution is 5.72. The van der Waals surface area contributed by atoms with Gasteiger partial charge in [0.25, 0.3) is 0 Å². The molecule has 1 heterocycles. The van der Waals surface area contributed by atoms with Crippen molar-refractivity contribution in [2.24, 2.45) is 7.05 Å². The molecule has 64 valence electrons. The Labute approximate surface area is 74.8 Å². The lowest BCUT2D eigenvalue weighted by atomic mass is 10.3. The molecule has 0 unspecified atom stereocenters. The summed E-state index contributed by atoms with van der Waals surface area (Å²) in [6, 6.07) is 8.99. The molecule has 0 bridgehead atoms. The van der Waals surface area contributed by atoms with Crippen molar-refractivity contribution >= 4 is 11.0 Å². The van der Waals surface area contributed by atoms with Gasteiger partial charge in [-0.3, -0.25) is 0 Å². The van der Waals surface area contributed by atoms with Gasteiger partial charge < -0.3 is 5.21 Å². The van der Waals surface area contributed by atoms with Gasteiger partial charge in [0.15, 0.2) is 17.1 Å². The molecule has 0 spiro atoms. The molecule has 1 aromatic carbocycles. The zero-order chi connectivity index (χ0) is 9.42. The van der Waals surface area contributed by atoms with Crippen LogP contribution in [0.5, 0.6) is 0 Å². The van der Waals surface area contributed by atoms with Crippen LogP contribution in [0.4, 0.5) is 0 Å². The van der Waals surface area contributed by atoms with E-state index in [-0.39, 0.29) is 5.82 Å². The lowest BCUT2D eigenvalue weighted by molar-refractivity contribution is -0.581. The van der Waals surface area contributed by atoms with Crippen LogP contribution >= 0.6 is 0 Å². The second-order valence-corrected chi connectivity index (χ2v) is 2.78. The predicted octanol–water partition coefficient (Wildman–Crippen LogP) is 0.683. The number of rotatable bonds is 0. The third-order valence-electron chi connectivity index (χ3n) is 2.07. The average molecular weight is 173 g/mol. The van der Waals surface area contributed by atoms with Crippen molar-refractivity contribution in [1.29, 1.82) is 5.26 Å². The zero-order valence-corrected chi connectivity index (χ0v) is 7.06. The smallest absolute Gasteiger partial charge is 0.365 e. The van der Waals surface area contributed by atoms with Crippen molar-refractivity contribution in [2.45, 2.75) is 0 Å². The first-order chi connectivity index (χ1) is 6.25. The van der Waals surface area contributed by atoms with E-state index in [1.165, 1.54) is 0 Å². The standard InChI is InChI=1S/C9H7N3O/c1-11-7-4-2-3-5-8(7)12(13)9(11)6-10/h2-5H,1H3. The average Bonchev–Trinajstić information content (AvgIpc) is 2.41. The topological polar surface area (TPSA) is 55.7 Å². The molecule has 4 heteroatoms. The first kappa shape index (κ1) is 7.62. The van der Waals surface area contributed by atoms with Crippen LogP contribution < -0.4 is 4.73 Å². The van der Waals surface area contributed by atoms with Crippen LogP contribution in [0.15, 0.2) is 24.3 Å². The van der Waals surface area contributed by atoms with Gasteiger partial charge in [-0.25, -0.2) is 9.30 Å². The van der Waals surface area contributed by atoms with Crippen LogP contribution in [0.1, 0.15) is 5.82 Å². The van der Waals surface area contributed by atoms with Gasteiger partial charge in [-0.2, -0.15) is 5.26 Å². The predicted molar refractivity (Wildman–Crippen MR) is 46.6 cm³/mol. The van der Waals surface area contributed by atoms with Gasteiger partial charge in [0.1, 0.15) is 0 Å². The summed E-state index contributed by atoms with van der Waals surface area (Å²) in [7, 11) is 1.70. The lowest BCUT2D eigenvalue weighted by Crippen LogP contribution is -2.29. The Bertz CT molecular complexity index is 468. The molecule has 13 heavy (non-hydrogen) atoms. The molecule has 0 saturated heterocycles. The highest BCUT2D eigenvalue weighted by Crippen LogP contribution is 2.10. The first-order valence-corrected chi connectivity index (χ1v) is 3.83. The van der Waals surface area contributed by atoms with E-state index in [4.69, 9.17) is 5.26 Å². The summed E-state index contributed by atoms with van der Waals surface area (Å²) in [6.45, 7) is 0. The van der Waals surface area contributed by atoms with E-state index in [0.29, 0.717) is 10.2 Å².